The third kappa shape index (κ3) is 5.52. The van der Waals surface area contributed by atoms with Crippen LogP contribution < -0.4 is 4.73 Å². The normalized spacial score (nSPS) is 19.2. The van der Waals surface area contributed by atoms with Crippen molar-refractivity contribution >= 4 is 23.0 Å². The fourth-order valence-electron chi connectivity index (χ4n) is 5.98. The summed E-state index contributed by atoms with van der Waals surface area (Å²) in [7, 11) is 0. The van der Waals surface area contributed by atoms with Gasteiger partial charge in [-0.15, -0.1) is 0 Å². The number of likely N-dealkylation sites (tertiary alicyclic amines) is 2. The number of nitrogens with one attached hydrogen (secondary N) is 1. The zero-order valence-corrected chi connectivity index (χ0v) is 20.7. The molecule has 2 aliphatic heterocycles. The zero-order valence-electron chi connectivity index (χ0n) is 20.7. The Hall–Kier alpha value is -3.30. The Kier molecular flexibility index (Phi) is 7.53. The van der Waals surface area contributed by atoms with Crippen LogP contribution in [0.4, 0.5) is 8.78 Å². The minimum Gasteiger partial charge on any atom is -0.711 e. The van der Waals surface area contributed by atoms with E-state index in [2.05, 4.69) is 9.88 Å². The molecule has 1 aromatic carbocycles. The number of benzene rings is 1. The molecule has 4 heterocycles. The lowest BCUT2D eigenvalue weighted by Crippen LogP contribution is -2.50. The molecule has 7 nitrogen and oxygen atoms in total. The third-order valence-electron chi connectivity index (χ3n) is 7.96. The van der Waals surface area contributed by atoms with E-state index in [-0.39, 0.29) is 18.6 Å². The molecule has 0 saturated carbocycles. The summed E-state index contributed by atoms with van der Waals surface area (Å²) in [5.74, 6) is -0.875. The second kappa shape index (κ2) is 11.0. The van der Waals surface area contributed by atoms with E-state index in [0.717, 1.165) is 55.0 Å². The van der Waals surface area contributed by atoms with Gasteiger partial charge in [-0.1, -0.05) is 0 Å². The molecule has 2 fully saturated rings. The highest BCUT2D eigenvalue weighted by Crippen LogP contribution is 2.34. The highest BCUT2D eigenvalue weighted by atomic mass is 19.1. The van der Waals surface area contributed by atoms with Crippen LogP contribution in [0.1, 0.15) is 42.7 Å². The van der Waals surface area contributed by atoms with Crippen molar-refractivity contribution in [3.63, 3.8) is 0 Å². The number of hydrogen-bond donors (Lipinski definition) is 2. The Balaban J connectivity index is 1.14. The highest BCUT2D eigenvalue weighted by Gasteiger charge is 2.34. The second-order valence-electron chi connectivity index (χ2n) is 10.1. The van der Waals surface area contributed by atoms with Crippen molar-refractivity contribution in [1.29, 1.82) is 0 Å². The van der Waals surface area contributed by atoms with Crippen molar-refractivity contribution in [2.45, 2.75) is 37.6 Å². The summed E-state index contributed by atoms with van der Waals surface area (Å²) in [6.45, 7) is 3.00. The van der Waals surface area contributed by atoms with Crippen molar-refractivity contribution in [2.75, 3.05) is 32.8 Å². The molecule has 0 aliphatic carbocycles. The van der Waals surface area contributed by atoms with Gasteiger partial charge in [-0.25, -0.2) is 18.5 Å². The SMILES string of the molecule is O=C(/C=C/c1cc(F)cc(F)c1)N1CCC(C(CO)N2CCC(c3c[nH]c4c3ccc[n+]4[O-])CC2)CC1. The molecule has 9 heteroatoms. The van der Waals surface area contributed by atoms with E-state index in [1.807, 2.05) is 12.3 Å². The standard InChI is InChI=1S/C28H32F2N4O3/c29-22-14-19(15-23(30)16-22)3-4-27(36)33-12-7-21(8-13-33)26(18-35)32-10-5-20(6-11-32)25-17-31-28-24(25)2-1-9-34(28)37/h1-4,9,14-17,20-21,26,31,35H,5-8,10-13,18H2/b4-3+. The molecule has 3 aromatic rings. The number of aliphatic hydroxyl groups excluding tert-OH is 1. The Morgan fingerprint density at radius 3 is 2.51 bits per heavy atom. The summed E-state index contributed by atoms with van der Waals surface area (Å²) in [5, 5.41) is 23.2. The number of aliphatic hydroxyl groups is 1. The van der Waals surface area contributed by atoms with Crippen LogP contribution in [0, 0.1) is 22.8 Å². The van der Waals surface area contributed by atoms with E-state index in [1.54, 1.807) is 11.0 Å². The highest BCUT2D eigenvalue weighted by molar-refractivity contribution is 5.91. The number of piperidine rings is 2. The van der Waals surface area contributed by atoms with Crippen molar-refractivity contribution in [3.05, 3.63) is 76.8 Å². The molecule has 1 unspecified atom stereocenters. The Labute approximate surface area is 214 Å². The van der Waals surface area contributed by atoms with Crippen molar-refractivity contribution < 1.29 is 23.4 Å². The first kappa shape index (κ1) is 25.4. The molecule has 0 spiro atoms. The summed E-state index contributed by atoms with van der Waals surface area (Å²) < 4.78 is 27.6. The number of amides is 1. The van der Waals surface area contributed by atoms with Crippen LogP contribution in [-0.2, 0) is 4.79 Å². The second-order valence-corrected chi connectivity index (χ2v) is 10.1. The summed E-state index contributed by atoms with van der Waals surface area (Å²) in [4.78, 5) is 19.9. The van der Waals surface area contributed by atoms with Crippen molar-refractivity contribution in [1.82, 2.24) is 14.8 Å². The summed E-state index contributed by atoms with van der Waals surface area (Å²) in [5.41, 5.74) is 2.08. The number of hydrogen-bond acceptors (Lipinski definition) is 4. The maximum atomic E-state index is 13.4. The molecule has 1 atom stereocenters. The van der Waals surface area contributed by atoms with Crippen LogP contribution >= 0.6 is 0 Å². The number of carbonyl (C=O) groups excluding carboxylic acids is 1. The van der Waals surface area contributed by atoms with Crippen molar-refractivity contribution in [3.8, 4) is 0 Å². The molecular weight excluding hydrogens is 478 g/mol. The number of fused-ring (bicyclic) bond motifs is 1. The number of aromatic nitrogens is 2. The predicted octanol–water partition coefficient (Wildman–Crippen LogP) is 3.57. The quantitative estimate of drug-likeness (QED) is 0.302. The van der Waals surface area contributed by atoms with Crippen LogP contribution in [0.15, 0.2) is 48.8 Å². The van der Waals surface area contributed by atoms with E-state index in [1.165, 1.54) is 36.0 Å². The molecular formula is C28H32F2N4O3. The van der Waals surface area contributed by atoms with Gasteiger partial charge in [0.05, 0.1) is 24.4 Å². The van der Waals surface area contributed by atoms with Gasteiger partial charge in [0.1, 0.15) is 11.6 Å². The molecule has 2 aliphatic rings. The summed E-state index contributed by atoms with van der Waals surface area (Å²) in [6, 6.07) is 6.99. The lowest BCUT2D eigenvalue weighted by Gasteiger charge is -2.43. The first-order valence-electron chi connectivity index (χ1n) is 12.9. The maximum absolute atomic E-state index is 13.4. The third-order valence-corrected chi connectivity index (χ3v) is 7.96. The Morgan fingerprint density at radius 2 is 1.84 bits per heavy atom. The van der Waals surface area contributed by atoms with Gasteiger partial charge >= 0.3 is 0 Å². The van der Waals surface area contributed by atoms with E-state index in [0.29, 0.717) is 36.1 Å². The zero-order chi connectivity index (χ0) is 25.9. The fraction of sp³-hybridized carbons (Fsp3) is 0.429. The number of carbonyl (C=O) groups is 1. The topological polar surface area (TPSA) is 86.5 Å². The summed E-state index contributed by atoms with van der Waals surface area (Å²) in [6.07, 6.45) is 9.76. The Morgan fingerprint density at radius 1 is 1.14 bits per heavy atom. The first-order chi connectivity index (χ1) is 17.9. The maximum Gasteiger partial charge on any atom is 0.289 e. The monoisotopic (exact) mass is 510 g/mol. The molecule has 0 bridgehead atoms. The van der Waals surface area contributed by atoms with Crippen LogP contribution in [-0.4, -0.2) is 64.6 Å². The summed E-state index contributed by atoms with van der Waals surface area (Å²) >= 11 is 0. The molecule has 5 rings (SSSR count). The average Bonchev–Trinajstić information content (AvgIpc) is 3.34. The molecule has 196 valence electrons. The number of rotatable bonds is 6. The molecule has 37 heavy (non-hydrogen) atoms. The Bertz CT molecular complexity index is 1260. The average molecular weight is 511 g/mol. The van der Waals surface area contributed by atoms with Gasteiger partial charge in [0.2, 0.25) is 5.91 Å². The van der Waals surface area contributed by atoms with Gasteiger partial charge in [-0.05, 0) is 86.5 Å². The van der Waals surface area contributed by atoms with Crippen LogP contribution in [0.25, 0.3) is 17.1 Å². The fourth-order valence-corrected chi connectivity index (χ4v) is 5.98. The number of aromatic amines is 1. The predicted molar refractivity (Wildman–Crippen MR) is 136 cm³/mol. The van der Waals surface area contributed by atoms with Gasteiger partial charge in [-0.3, -0.25) is 9.69 Å². The molecule has 1 amide bonds. The molecule has 0 radical (unpaired) electrons. The van der Waals surface area contributed by atoms with Gasteiger partial charge < -0.3 is 15.2 Å². The minimum atomic E-state index is -0.677. The van der Waals surface area contributed by atoms with Gasteiger partial charge in [0.25, 0.3) is 5.65 Å². The number of pyridine rings is 1. The van der Waals surface area contributed by atoms with Crippen molar-refractivity contribution in [2.24, 2.45) is 5.92 Å². The molecule has 2 aromatic heterocycles. The largest absolute Gasteiger partial charge is 0.711 e. The number of halogens is 2. The number of H-pyrrole nitrogens is 1. The molecule has 2 N–H and O–H groups in total. The van der Waals surface area contributed by atoms with Gasteiger partial charge in [0, 0.05) is 36.8 Å². The van der Waals surface area contributed by atoms with Gasteiger partial charge in [0.15, 0.2) is 0 Å². The van der Waals surface area contributed by atoms with E-state index in [4.69, 9.17) is 0 Å². The molecule has 2 saturated heterocycles. The van der Waals surface area contributed by atoms with E-state index in [9.17, 15) is 23.9 Å². The van der Waals surface area contributed by atoms with E-state index < -0.39 is 11.6 Å². The lowest BCUT2D eigenvalue weighted by molar-refractivity contribution is -0.579. The minimum absolute atomic E-state index is 0.0517. The van der Waals surface area contributed by atoms with E-state index >= 15 is 0 Å². The van der Waals surface area contributed by atoms with Crippen LogP contribution in [0.2, 0.25) is 0 Å². The smallest absolute Gasteiger partial charge is 0.289 e. The number of nitrogens with zero attached hydrogens (tertiary/aromatic N) is 3. The van der Waals surface area contributed by atoms with Gasteiger partial charge in [-0.2, -0.15) is 0 Å². The van der Waals surface area contributed by atoms with Crippen LogP contribution in [0.5, 0.6) is 0 Å². The van der Waals surface area contributed by atoms with Crippen LogP contribution in [0.3, 0.4) is 0 Å². The lowest BCUT2D eigenvalue weighted by atomic mass is 9.85. The first-order valence-corrected chi connectivity index (χ1v) is 12.9.